The molecule has 41 heavy (non-hydrogen) atoms. The number of fused-ring (bicyclic) bond motifs is 1. The van der Waals surface area contributed by atoms with Crippen LogP contribution in [0.1, 0.15) is 47.2 Å². The SMILES string of the molecule is C=CCOc1ccc(C2C(C#N)=C(N)Oc3cc(OC(=O)c4cc(Cl)c(OCCCC)c(Cl)c4)ccc32)cc1OC. The van der Waals surface area contributed by atoms with Gasteiger partial charge in [0.2, 0.25) is 5.88 Å². The first-order valence-corrected chi connectivity index (χ1v) is 13.5. The number of carbonyl (C=O) groups excluding carboxylic acids is 1. The van der Waals surface area contributed by atoms with Gasteiger partial charge in [0.05, 0.1) is 35.2 Å². The fourth-order valence-electron chi connectivity index (χ4n) is 4.27. The van der Waals surface area contributed by atoms with E-state index in [9.17, 15) is 10.1 Å². The molecule has 0 amide bonds. The molecule has 1 aliphatic heterocycles. The summed E-state index contributed by atoms with van der Waals surface area (Å²) in [6.45, 7) is 6.47. The number of halogens is 2. The number of esters is 1. The minimum absolute atomic E-state index is 0.0587. The molecule has 10 heteroatoms. The summed E-state index contributed by atoms with van der Waals surface area (Å²) in [5, 5.41) is 10.3. The van der Waals surface area contributed by atoms with Crippen molar-refractivity contribution in [3.05, 3.63) is 99.4 Å². The molecule has 4 rings (SSSR count). The Morgan fingerprint density at radius 2 is 1.88 bits per heavy atom. The van der Waals surface area contributed by atoms with Crippen molar-refractivity contribution in [2.24, 2.45) is 5.73 Å². The van der Waals surface area contributed by atoms with Crippen LogP contribution in [0.25, 0.3) is 0 Å². The number of allylic oxidation sites excluding steroid dienone is 1. The number of rotatable bonds is 11. The lowest BCUT2D eigenvalue weighted by Crippen LogP contribution is -2.21. The van der Waals surface area contributed by atoms with E-state index < -0.39 is 11.9 Å². The third-order valence-electron chi connectivity index (χ3n) is 6.26. The molecule has 1 heterocycles. The van der Waals surface area contributed by atoms with Crippen LogP contribution in [0.3, 0.4) is 0 Å². The van der Waals surface area contributed by atoms with Gasteiger partial charge in [-0.3, -0.25) is 0 Å². The van der Waals surface area contributed by atoms with Gasteiger partial charge in [0.25, 0.3) is 0 Å². The van der Waals surface area contributed by atoms with Gasteiger partial charge in [-0.05, 0) is 42.3 Å². The summed E-state index contributed by atoms with van der Waals surface area (Å²) in [7, 11) is 1.53. The van der Waals surface area contributed by atoms with E-state index in [1.165, 1.54) is 25.3 Å². The standard InChI is InChI=1S/C31H28Cl2N2O6/c1-4-6-12-39-29-23(32)13-19(14-24(29)33)31(36)40-20-8-9-21-26(16-20)41-30(35)22(17-34)28(21)18-7-10-25(38-11-5-2)27(15-18)37-3/h5,7-10,13-16,28H,2,4,6,11-12,35H2,1,3H3. The zero-order chi connectivity index (χ0) is 29.5. The van der Waals surface area contributed by atoms with Gasteiger partial charge in [0, 0.05) is 11.6 Å². The number of ether oxygens (including phenoxy) is 5. The van der Waals surface area contributed by atoms with Gasteiger partial charge in [-0.25, -0.2) is 4.79 Å². The summed E-state index contributed by atoms with van der Waals surface area (Å²) in [6.07, 6.45) is 3.43. The van der Waals surface area contributed by atoms with Crippen molar-refractivity contribution in [1.82, 2.24) is 0 Å². The summed E-state index contributed by atoms with van der Waals surface area (Å²) in [5.74, 6) is 0.562. The molecule has 1 atom stereocenters. The van der Waals surface area contributed by atoms with Crippen LogP contribution in [0.15, 0.2) is 72.6 Å². The van der Waals surface area contributed by atoms with Gasteiger partial charge in [0.1, 0.15) is 29.7 Å². The number of nitrogens with two attached hydrogens (primary N) is 1. The predicted molar refractivity (Wildman–Crippen MR) is 156 cm³/mol. The Morgan fingerprint density at radius 3 is 2.54 bits per heavy atom. The second kappa shape index (κ2) is 13.4. The average molecular weight is 595 g/mol. The lowest BCUT2D eigenvalue weighted by atomic mass is 9.83. The molecule has 0 saturated heterocycles. The second-order valence-corrected chi connectivity index (χ2v) is 9.81. The quantitative estimate of drug-likeness (QED) is 0.107. The molecular formula is C31H28Cl2N2O6. The van der Waals surface area contributed by atoms with Crippen LogP contribution in [-0.4, -0.2) is 26.3 Å². The highest BCUT2D eigenvalue weighted by Crippen LogP contribution is 2.45. The van der Waals surface area contributed by atoms with Crippen molar-refractivity contribution >= 4 is 29.2 Å². The van der Waals surface area contributed by atoms with Crippen molar-refractivity contribution in [2.45, 2.75) is 25.7 Å². The molecule has 0 spiro atoms. The summed E-state index contributed by atoms with van der Waals surface area (Å²) < 4.78 is 28.2. The number of unbranched alkanes of at least 4 members (excludes halogenated alkanes) is 1. The van der Waals surface area contributed by atoms with E-state index in [2.05, 4.69) is 12.6 Å². The lowest BCUT2D eigenvalue weighted by Gasteiger charge is -2.27. The van der Waals surface area contributed by atoms with Gasteiger partial charge >= 0.3 is 5.97 Å². The van der Waals surface area contributed by atoms with Crippen LogP contribution < -0.4 is 29.4 Å². The zero-order valence-corrected chi connectivity index (χ0v) is 24.1. The number of hydrogen-bond donors (Lipinski definition) is 1. The molecule has 0 aliphatic carbocycles. The third kappa shape index (κ3) is 6.54. The molecule has 0 fully saturated rings. The van der Waals surface area contributed by atoms with Crippen molar-refractivity contribution in [1.29, 1.82) is 5.26 Å². The molecule has 1 aliphatic rings. The Morgan fingerprint density at radius 1 is 1.12 bits per heavy atom. The van der Waals surface area contributed by atoms with E-state index in [4.69, 9.17) is 52.6 Å². The number of hydrogen-bond acceptors (Lipinski definition) is 8. The third-order valence-corrected chi connectivity index (χ3v) is 6.82. The normalized spacial score (nSPS) is 13.9. The summed E-state index contributed by atoms with van der Waals surface area (Å²) in [6, 6.07) is 15.2. The Balaban J connectivity index is 1.62. The fraction of sp³-hybridized carbons (Fsp3) is 0.226. The molecule has 0 radical (unpaired) electrons. The van der Waals surface area contributed by atoms with Gasteiger partial charge in [-0.1, -0.05) is 61.3 Å². The molecule has 1 unspecified atom stereocenters. The summed E-state index contributed by atoms with van der Waals surface area (Å²) in [4.78, 5) is 13.0. The summed E-state index contributed by atoms with van der Waals surface area (Å²) >= 11 is 12.7. The average Bonchev–Trinajstić information content (AvgIpc) is 2.96. The molecule has 3 aromatic carbocycles. The molecule has 2 N–H and O–H groups in total. The van der Waals surface area contributed by atoms with E-state index in [0.717, 1.165) is 18.4 Å². The van der Waals surface area contributed by atoms with Crippen molar-refractivity contribution in [2.75, 3.05) is 20.3 Å². The van der Waals surface area contributed by atoms with Gasteiger partial charge in [-0.2, -0.15) is 5.26 Å². The minimum Gasteiger partial charge on any atom is -0.493 e. The molecule has 0 bridgehead atoms. The van der Waals surface area contributed by atoms with E-state index in [1.54, 1.807) is 30.3 Å². The van der Waals surface area contributed by atoms with E-state index in [0.29, 0.717) is 41.8 Å². The highest BCUT2D eigenvalue weighted by atomic mass is 35.5. The molecular weight excluding hydrogens is 567 g/mol. The highest BCUT2D eigenvalue weighted by Gasteiger charge is 2.32. The van der Waals surface area contributed by atoms with Gasteiger partial charge < -0.3 is 29.4 Å². The lowest BCUT2D eigenvalue weighted by molar-refractivity contribution is 0.0734. The number of carbonyl (C=O) groups is 1. The van der Waals surface area contributed by atoms with E-state index in [1.807, 2.05) is 13.0 Å². The minimum atomic E-state index is -0.678. The topological polar surface area (TPSA) is 113 Å². The van der Waals surface area contributed by atoms with Crippen molar-refractivity contribution in [3.8, 4) is 34.8 Å². The molecule has 8 nitrogen and oxygen atoms in total. The van der Waals surface area contributed by atoms with Crippen molar-refractivity contribution < 1.29 is 28.5 Å². The maximum absolute atomic E-state index is 13.0. The first-order valence-electron chi connectivity index (χ1n) is 12.8. The van der Waals surface area contributed by atoms with Crippen LogP contribution in [0.5, 0.6) is 28.7 Å². The second-order valence-electron chi connectivity index (χ2n) is 8.99. The number of benzene rings is 3. The zero-order valence-electron chi connectivity index (χ0n) is 22.5. The van der Waals surface area contributed by atoms with Crippen LogP contribution in [0, 0.1) is 11.3 Å². The van der Waals surface area contributed by atoms with Crippen LogP contribution in [-0.2, 0) is 0 Å². The Labute approximate surface area is 248 Å². The maximum atomic E-state index is 13.0. The van der Waals surface area contributed by atoms with E-state index >= 15 is 0 Å². The fourth-order valence-corrected chi connectivity index (χ4v) is 4.87. The Kier molecular flexibility index (Phi) is 9.66. The predicted octanol–water partition coefficient (Wildman–Crippen LogP) is 7.18. The van der Waals surface area contributed by atoms with Gasteiger partial charge in [-0.15, -0.1) is 0 Å². The molecule has 212 valence electrons. The smallest absolute Gasteiger partial charge is 0.343 e. The van der Waals surface area contributed by atoms with Crippen LogP contribution in [0.4, 0.5) is 0 Å². The Hall–Kier alpha value is -4.32. The van der Waals surface area contributed by atoms with Crippen LogP contribution >= 0.6 is 23.2 Å². The first-order chi connectivity index (χ1) is 19.8. The monoisotopic (exact) mass is 594 g/mol. The highest BCUT2D eigenvalue weighted by molar-refractivity contribution is 6.37. The van der Waals surface area contributed by atoms with Crippen LogP contribution in [0.2, 0.25) is 10.0 Å². The Bertz CT molecular complexity index is 1520. The summed E-state index contributed by atoms with van der Waals surface area (Å²) in [5.41, 5.74) is 7.91. The molecule has 0 aromatic heterocycles. The first kappa shape index (κ1) is 29.7. The number of methoxy groups -OCH3 is 1. The maximum Gasteiger partial charge on any atom is 0.343 e. The van der Waals surface area contributed by atoms with Gasteiger partial charge in [0.15, 0.2) is 17.2 Å². The molecule has 0 saturated carbocycles. The number of nitrogens with zero attached hydrogens (tertiary/aromatic N) is 1. The van der Waals surface area contributed by atoms with Crippen molar-refractivity contribution in [3.63, 3.8) is 0 Å². The number of nitriles is 1. The van der Waals surface area contributed by atoms with E-state index in [-0.39, 0.29) is 32.8 Å². The molecule has 3 aromatic rings. The largest absolute Gasteiger partial charge is 0.493 e.